The molecule has 0 aliphatic carbocycles. The number of ether oxygens (including phenoxy) is 1. The molecule has 0 amide bonds. The molecule has 2 heterocycles. The molecule has 0 radical (unpaired) electrons. The van der Waals surface area contributed by atoms with Crippen molar-refractivity contribution in [2.45, 2.75) is 12.8 Å². The van der Waals surface area contributed by atoms with Crippen LogP contribution in [-0.2, 0) is 0 Å². The van der Waals surface area contributed by atoms with Crippen LogP contribution in [0.3, 0.4) is 0 Å². The molecule has 21 heavy (non-hydrogen) atoms. The van der Waals surface area contributed by atoms with Crippen molar-refractivity contribution >= 4 is 0 Å². The first kappa shape index (κ1) is 13.0. The van der Waals surface area contributed by atoms with E-state index >= 15 is 0 Å². The van der Waals surface area contributed by atoms with Gasteiger partial charge in [-0.1, -0.05) is 30.3 Å². The number of nitrogens with zero attached hydrogens (tertiary/aromatic N) is 1. The first-order valence-electron chi connectivity index (χ1n) is 6.48. The molecule has 0 saturated carbocycles. The fourth-order valence-electron chi connectivity index (χ4n) is 2.59. The van der Waals surface area contributed by atoms with Gasteiger partial charge < -0.3 is 15.5 Å². The Morgan fingerprint density at radius 2 is 2.05 bits per heavy atom. The normalized spacial score (nSPS) is 16.9. The summed E-state index contributed by atoms with van der Waals surface area (Å²) in [6.45, 7) is 1.77. The highest BCUT2D eigenvalue weighted by Gasteiger charge is 2.33. The lowest BCUT2D eigenvalue weighted by molar-refractivity contribution is 0.391. The van der Waals surface area contributed by atoms with E-state index in [0.29, 0.717) is 17.0 Å². The van der Waals surface area contributed by atoms with Crippen molar-refractivity contribution in [3.05, 3.63) is 75.0 Å². The Balaban J connectivity index is 2.32. The molecule has 1 unspecified atom stereocenters. The summed E-state index contributed by atoms with van der Waals surface area (Å²) in [5.74, 6) is -0.0604. The number of rotatable bonds is 1. The van der Waals surface area contributed by atoms with Crippen molar-refractivity contribution in [3.8, 4) is 11.8 Å². The Morgan fingerprint density at radius 1 is 1.33 bits per heavy atom. The van der Waals surface area contributed by atoms with Crippen molar-refractivity contribution in [2.75, 3.05) is 0 Å². The first-order valence-corrected chi connectivity index (χ1v) is 6.48. The van der Waals surface area contributed by atoms with Crippen LogP contribution >= 0.6 is 0 Å². The van der Waals surface area contributed by atoms with Gasteiger partial charge in [0, 0.05) is 11.8 Å². The summed E-state index contributed by atoms with van der Waals surface area (Å²) in [6, 6.07) is 13.1. The van der Waals surface area contributed by atoms with E-state index in [0.717, 1.165) is 5.56 Å². The first-order chi connectivity index (χ1) is 10.1. The molecule has 3 rings (SSSR count). The number of nitriles is 1. The van der Waals surface area contributed by atoms with E-state index in [1.165, 1.54) is 0 Å². The maximum absolute atomic E-state index is 12.3. The standard InChI is InChI=1S/C16H13N3O2/c1-9-7-12-14(16(20)19-9)13(10-5-3-2-4-6-10)11(8-17)15(18)21-12/h2-7,13H,18H2,1H3,(H,19,20). The topological polar surface area (TPSA) is 91.9 Å². The molecule has 2 aromatic rings. The highest BCUT2D eigenvalue weighted by Crippen LogP contribution is 2.39. The third-order valence-electron chi connectivity index (χ3n) is 3.48. The molecule has 3 N–H and O–H groups in total. The summed E-state index contributed by atoms with van der Waals surface area (Å²) >= 11 is 0. The maximum Gasteiger partial charge on any atom is 0.256 e. The maximum atomic E-state index is 12.3. The Bertz CT molecular complexity index is 829. The van der Waals surface area contributed by atoms with Crippen LogP contribution in [0.4, 0.5) is 0 Å². The van der Waals surface area contributed by atoms with Crippen molar-refractivity contribution in [3.63, 3.8) is 0 Å². The molecule has 104 valence electrons. The van der Waals surface area contributed by atoms with Gasteiger partial charge in [0.1, 0.15) is 17.4 Å². The van der Waals surface area contributed by atoms with E-state index in [1.807, 2.05) is 30.3 Å². The Labute approximate surface area is 121 Å². The lowest BCUT2D eigenvalue weighted by atomic mass is 9.84. The molecule has 1 aromatic heterocycles. The summed E-state index contributed by atoms with van der Waals surface area (Å²) < 4.78 is 5.46. The molecule has 0 spiro atoms. The van der Waals surface area contributed by atoms with Crippen molar-refractivity contribution in [1.82, 2.24) is 4.98 Å². The van der Waals surface area contributed by atoms with E-state index in [4.69, 9.17) is 10.5 Å². The molecule has 1 aliphatic heterocycles. The van der Waals surface area contributed by atoms with E-state index in [9.17, 15) is 10.1 Å². The van der Waals surface area contributed by atoms with Crippen LogP contribution in [0.25, 0.3) is 0 Å². The van der Waals surface area contributed by atoms with Crippen LogP contribution in [0.15, 0.2) is 52.6 Å². The van der Waals surface area contributed by atoms with Gasteiger partial charge in [-0.25, -0.2) is 0 Å². The fourth-order valence-corrected chi connectivity index (χ4v) is 2.59. The van der Waals surface area contributed by atoms with E-state index in [1.54, 1.807) is 13.0 Å². The van der Waals surface area contributed by atoms with Crippen LogP contribution in [0.2, 0.25) is 0 Å². The highest BCUT2D eigenvalue weighted by molar-refractivity contribution is 5.54. The number of aromatic amines is 1. The molecule has 5 nitrogen and oxygen atoms in total. The monoisotopic (exact) mass is 279 g/mol. The average Bonchev–Trinajstić information content (AvgIpc) is 2.46. The van der Waals surface area contributed by atoms with E-state index in [-0.39, 0.29) is 17.0 Å². The number of pyridine rings is 1. The van der Waals surface area contributed by atoms with Gasteiger partial charge in [-0.2, -0.15) is 5.26 Å². The van der Waals surface area contributed by atoms with E-state index in [2.05, 4.69) is 11.1 Å². The third kappa shape index (κ3) is 2.07. The second kappa shape index (κ2) is 4.84. The van der Waals surface area contributed by atoms with Gasteiger partial charge in [-0.05, 0) is 12.5 Å². The quantitative estimate of drug-likeness (QED) is 0.834. The van der Waals surface area contributed by atoms with Gasteiger partial charge in [-0.3, -0.25) is 4.79 Å². The van der Waals surface area contributed by atoms with Crippen LogP contribution < -0.4 is 16.0 Å². The van der Waals surface area contributed by atoms with Gasteiger partial charge in [0.25, 0.3) is 5.56 Å². The predicted molar refractivity (Wildman–Crippen MR) is 77.5 cm³/mol. The minimum atomic E-state index is -0.510. The number of aryl methyl sites for hydroxylation is 1. The second-order valence-electron chi connectivity index (χ2n) is 4.89. The zero-order valence-corrected chi connectivity index (χ0v) is 11.4. The SMILES string of the molecule is Cc1cc2c(c(=O)[nH]1)C(c1ccccc1)C(C#N)=C(N)O2. The van der Waals surface area contributed by atoms with Crippen LogP contribution in [0, 0.1) is 18.3 Å². The molecular formula is C16H13N3O2. The molecule has 1 atom stereocenters. The van der Waals surface area contributed by atoms with Gasteiger partial charge in [0.15, 0.2) is 0 Å². The summed E-state index contributed by atoms with van der Waals surface area (Å²) in [5, 5.41) is 9.38. The Kier molecular flexibility index (Phi) is 2.99. The van der Waals surface area contributed by atoms with Crippen molar-refractivity contribution in [1.29, 1.82) is 5.26 Å². The Hall–Kier alpha value is -3.00. The number of hydrogen-bond donors (Lipinski definition) is 2. The number of nitrogens with two attached hydrogens (primary N) is 1. The molecule has 5 heteroatoms. The second-order valence-corrected chi connectivity index (χ2v) is 4.89. The van der Waals surface area contributed by atoms with Crippen LogP contribution in [-0.4, -0.2) is 4.98 Å². The van der Waals surface area contributed by atoms with Crippen molar-refractivity contribution in [2.24, 2.45) is 5.73 Å². The number of fused-ring (bicyclic) bond motifs is 1. The Morgan fingerprint density at radius 3 is 2.71 bits per heavy atom. The number of hydrogen-bond acceptors (Lipinski definition) is 4. The van der Waals surface area contributed by atoms with Gasteiger partial charge >= 0.3 is 0 Å². The summed E-state index contributed by atoms with van der Waals surface area (Å²) in [5.41, 5.74) is 7.77. The molecule has 0 fully saturated rings. The zero-order valence-electron chi connectivity index (χ0n) is 11.4. The number of nitrogens with one attached hydrogen (secondary N) is 1. The largest absolute Gasteiger partial charge is 0.440 e. The lowest BCUT2D eigenvalue weighted by Gasteiger charge is -2.25. The molecule has 1 aliphatic rings. The molecule has 0 saturated heterocycles. The van der Waals surface area contributed by atoms with Gasteiger partial charge in [0.2, 0.25) is 5.88 Å². The predicted octanol–water partition coefficient (Wildman–Crippen LogP) is 1.90. The fraction of sp³-hybridized carbons (Fsp3) is 0.125. The van der Waals surface area contributed by atoms with Gasteiger partial charge in [-0.15, -0.1) is 0 Å². The number of aromatic nitrogens is 1. The summed E-state index contributed by atoms with van der Waals surface area (Å²) in [7, 11) is 0. The smallest absolute Gasteiger partial charge is 0.256 e. The average molecular weight is 279 g/mol. The lowest BCUT2D eigenvalue weighted by Crippen LogP contribution is -2.27. The minimum absolute atomic E-state index is 0.0452. The van der Waals surface area contributed by atoms with Gasteiger partial charge in [0.05, 0.1) is 11.5 Å². The van der Waals surface area contributed by atoms with E-state index < -0.39 is 5.92 Å². The highest BCUT2D eigenvalue weighted by atomic mass is 16.5. The summed E-state index contributed by atoms with van der Waals surface area (Å²) in [6.07, 6.45) is 0. The zero-order chi connectivity index (χ0) is 15.0. The number of allylic oxidation sites excluding steroid dienone is 1. The van der Waals surface area contributed by atoms with Crippen molar-refractivity contribution < 1.29 is 4.74 Å². The minimum Gasteiger partial charge on any atom is -0.440 e. The molecule has 0 bridgehead atoms. The third-order valence-corrected chi connectivity index (χ3v) is 3.48. The molecule has 1 aromatic carbocycles. The van der Waals surface area contributed by atoms with Crippen LogP contribution in [0.1, 0.15) is 22.7 Å². The summed E-state index contributed by atoms with van der Waals surface area (Å²) in [4.78, 5) is 15.1. The number of benzene rings is 1. The number of H-pyrrole nitrogens is 1. The molecular weight excluding hydrogens is 266 g/mol. The van der Waals surface area contributed by atoms with Crippen LogP contribution in [0.5, 0.6) is 5.75 Å².